The molecule has 2 unspecified atom stereocenters. The van der Waals surface area contributed by atoms with Crippen molar-refractivity contribution in [3.8, 4) is 0 Å². The minimum Gasteiger partial charge on any atom is -0.392 e. The van der Waals surface area contributed by atoms with E-state index < -0.39 is 12.2 Å². The molecule has 3 N–H and O–H groups in total. The molecule has 2 rings (SSSR count). The third-order valence-electron chi connectivity index (χ3n) is 6.06. The van der Waals surface area contributed by atoms with Crippen LogP contribution in [0.1, 0.15) is 72.9 Å². The molecule has 146 valence electrons. The van der Waals surface area contributed by atoms with Crippen LogP contribution in [0.4, 0.5) is 0 Å². The van der Waals surface area contributed by atoms with E-state index in [0.29, 0.717) is 0 Å². The molecule has 26 heavy (non-hydrogen) atoms. The van der Waals surface area contributed by atoms with Gasteiger partial charge in [-0.05, 0) is 49.3 Å². The molecule has 0 amide bonds. The first-order valence-corrected chi connectivity index (χ1v) is 9.85. The van der Waals surface area contributed by atoms with Crippen molar-refractivity contribution in [1.82, 2.24) is 5.32 Å². The molecule has 0 aromatic heterocycles. The van der Waals surface area contributed by atoms with Gasteiger partial charge in [-0.3, -0.25) is 0 Å². The molecular weight excluding hydrogens is 322 g/mol. The van der Waals surface area contributed by atoms with Crippen LogP contribution in [0.5, 0.6) is 0 Å². The molecule has 0 bridgehead atoms. The second-order valence-corrected chi connectivity index (χ2v) is 9.50. The molecule has 0 aliphatic heterocycles. The van der Waals surface area contributed by atoms with Crippen molar-refractivity contribution >= 4 is 5.57 Å². The molecule has 0 radical (unpaired) electrons. The van der Waals surface area contributed by atoms with Gasteiger partial charge in [-0.1, -0.05) is 58.9 Å². The monoisotopic (exact) mass is 359 g/mol. The van der Waals surface area contributed by atoms with Crippen LogP contribution in [-0.4, -0.2) is 28.0 Å². The third-order valence-corrected chi connectivity index (χ3v) is 6.06. The Morgan fingerprint density at radius 1 is 1.00 bits per heavy atom. The fourth-order valence-corrected chi connectivity index (χ4v) is 4.27. The second kappa shape index (κ2) is 7.36. The molecule has 1 aliphatic rings. The number of benzene rings is 1. The zero-order valence-corrected chi connectivity index (χ0v) is 17.7. The van der Waals surface area contributed by atoms with Crippen molar-refractivity contribution < 1.29 is 10.2 Å². The number of nitrogens with one attached hydrogen (secondary N) is 1. The van der Waals surface area contributed by atoms with E-state index in [0.717, 1.165) is 12.1 Å². The lowest BCUT2D eigenvalue weighted by molar-refractivity contribution is -0.169. The van der Waals surface area contributed by atoms with Crippen LogP contribution in [-0.2, 0) is 5.41 Å². The summed E-state index contributed by atoms with van der Waals surface area (Å²) in [6.45, 7) is 17.0. The van der Waals surface area contributed by atoms with Gasteiger partial charge in [0, 0.05) is 23.1 Å². The largest absolute Gasteiger partial charge is 0.392 e. The Kier molecular flexibility index (Phi) is 5.94. The highest BCUT2D eigenvalue weighted by Gasteiger charge is 2.53. The Hall–Kier alpha value is -1.32. The Bertz CT molecular complexity index is 642. The van der Waals surface area contributed by atoms with Crippen molar-refractivity contribution in [2.75, 3.05) is 0 Å². The Morgan fingerprint density at radius 3 is 1.92 bits per heavy atom. The van der Waals surface area contributed by atoms with Gasteiger partial charge in [-0.25, -0.2) is 0 Å². The molecule has 1 fully saturated rings. The molecule has 3 heteroatoms. The van der Waals surface area contributed by atoms with E-state index in [2.05, 4.69) is 78.0 Å². The highest BCUT2D eigenvalue weighted by molar-refractivity contribution is 5.68. The number of aliphatic hydroxyl groups is 2. The standard InChI is InChI=1S/C23H37NO2/c1-9-18(16-10-12-17(13-11-16)22(4,5)6)15(3)24-23(7,8)19-20(25)14(2)21(19)26/h10-14,19-21,24-26H,9H2,1-8H3/b18-15+. The normalized spacial score (nSPS) is 27.6. The van der Waals surface area contributed by atoms with Crippen LogP contribution >= 0.6 is 0 Å². The summed E-state index contributed by atoms with van der Waals surface area (Å²) in [5.41, 5.74) is 4.72. The molecule has 1 aromatic carbocycles. The molecular formula is C23H37NO2. The molecule has 0 saturated heterocycles. The fraction of sp³-hybridized carbons (Fsp3) is 0.652. The maximum atomic E-state index is 10.3. The highest BCUT2D eigenvalue weighted by Crippen LogP contribution is 2.42. The van der Waals surface area contributed by atoms with Crippen molar-refractivity contribution in [1.29, 1.82) is 0 Å². The molecule has 1 aromatic rings. The van der Waals surface area contributed by atoms with Gasteiger partial charge in [0.1, 0.15) is 0 Å². The number of hydrogen-bond donors (Lipinski definition) is 3. The van der Waals surface area contributed by atoms with Crippen molar-refractivity contribution in [2.24, 2.45) is 11.8 Å². The summed E-state index contributed by atoms with van der Waals surface area (Å²) in [5.74, 6) is -0.213. The van der Waals surface area contributed by atoms with Gasteiger partial charge in [-0.15, -0.1) is 0 Å². The van der Waals surface area contributed by atoms with Crippen LogP contribution < -0.4 is 5.32 Å². The lowest BCUT2D eigenvalue weighted by Crippen LogP contribution is -2.66. The Morgan fingerprint density at radius 2 is 1.50 bits per heavy atom. The number of hydrogen-bond acceptors (Lipinski definition) is 3. The van der Waals surface area contributed by atoms with Gasteiger partial charge >= 0.3 is 0 Å². The van der Waals surface area contributed by atoms with Gasteiger partial charge in [0.25, 0.3) is 0 Å². The summed E-state index contributed by atoms with van der Waals surface area (Å²) in [6.07, 6.45) is 0.00329. The molecule has 2 atom stereocenters. The van der Waals surface area contributed by atoms with E-state index in [9.17, 15) is 10.2 Å². The molecule has 1 aliphatic carbocycles. The van der Waals surface area contributed by atoms with E-state index >= 15 is 0 Å². The van der Waals surface area contributed by atoms with E-state index in [1.807, 2.05) is 6.92 Å². The molecule has 0 heterocycles. The summed E-state index contributed by atoms with van der Waals surface area (Å²) < 4.78 is 0. The summed E-state index contributed by atoms with van der Waals surface area (Å²) in [6, 6.07) is 8.83. The number of aliphatic hydroxyl groups excluding tert-OH is 2. The summed E-state index contributed by atoms with van der Waals surface area (Å²) in [5, 5.41) is 24.2. The summed E-state index contributed by atoms with van der Waals surface area (Å²) >= 11 is 0. The zero-order valence-electron chi connectivity index (χ0n) is 17.7. The maximum Gasteiger partial charge on any atom is 0.0665 e. The first-order chi connectivity index (χ1) is 11.9. The first-order valence-electron chi connectivity index (χ1n) is 9.85. The van der Waals surface area contributed by atoms with Crippen LogP contribution in [0.15, 0.2) is 30.0 Å². The van der Waals surface area contributed by atoms with Crippen molar-refractivity contribution in [2.45, 2.75) is 85.0 Å². The van der Waals surface area contributed by atoms with Gasteiger partial charge in [-0.2, -0.15) is 0 Å². The average molecular weight is 360 g/mol. The zero-order chi connectivity index (χ0) is 19.9. The SMILES string of the molecule is CC/C(=C(/C)NC(C)(C)C1C(O)C(C)C1O)c1ccc(C(C)(C)C)cc1. The predicted molar refractivity (Wildman–Crippen MR) is 110 cm³/mol. The molecule has 0 spiro atoms. The smallest absolute Gasteiger partial charge is 0.0665 e. The average Bonchev–Trinajstić information content (AvgIpc) is 2.54. The van der Waals surface area contributed by atoms with E-state index in [4.69, 9.17) is 0 Å². The Balaban J connectivity index is 2.25. The predicted octanol–water partition coefficient (Wildman–Crippen LogP) is 4.48. The summed E-state index contributed by atoms with van der Waals surface area (Å²) in [7, 11) is 0. The van der Waals surface area contributed by atoms with Gasteiger partial charge in [0.2, 0.25) is 0 Å². The van der Waals surface area contributed by atoms with Gasteiger partial charge in [0.05, 0.1) is 12.2 Å². The lowest BCUT2D eigenvalue weighted by atomic mass is 9.62. The minimum atomic E-state index is -0.462. The topological polar surface area (TPSA) is 52.5 Å². The summed E-state index contributed by atoms with van der Waals surface area (Å²) in [4.78, 5) is 0. The quantitative estimate of drug-likeness (QED) is 0.726. The van der Waals surface area contributed by atoms with Crippen LogP contribution in [0.25, 0.3) is 5.57 Å². The number of rotatable bonds is 5. The highest BCUT2D eigenvalue weighted by atomic mass is 16.3. The molecule has 3 nitrogen and oxygen atoms in total. The van der Waals surface area contributed by atoms with E-state index in [1.165, 1.54) is 16.7 Å². The first kappa shape index (κ1) is 21.0. The fourth-order valence-electron chi connectivity index (χ4n) is 4.27. The minimum absolute atomic E-state index is 0.0547. The van der Waals surface area contributed by atoms with E-state index in [1.54, 1.807) is 0 Å². The number of allylic oxidation sites excluding steroid dienone is 2. The maximum absolute atomic E-state index is 10.3. The lowest BCUT2D eigenvalue weighted by Gasteiger charge is -2.53. The van der Waals surface area contributed by atoms with Crippen molar-refractivity contribution in [3.05, 3.63) is 41.1 Å². The van der Waals surface area contributed by atoms with Crippen LogP contribution in [0.3, 0.4) is 0 Å². The van der Waals surface area contributed by atoms with Crippen LogP contribution in [0, 0.1) is 11.8 Å². The van der Waals surface area contributed by atoms with E-state index in [-0.39, 0.29) is 22.8 Å². The van der Waals surface area contributed by atoms with Crippen molar-refractivity contribution in [3.63, 3.8) is 0 Å². The second-order valence-electron chi connectivity index (χ2n) is 9.50. The van der Waals surface area contributed by atoms with Crippen LogP contribution in [0.2, 0.25) is 0 Å². The Labute approximate surface area is 159 Å². The third kappa shape index (κ3) is 3.99. The molecule has 1 saturated carbocycles. The van der Waals surface area contributed by atoms with Gasteiger partial charge < -0.3 is 15.5 Å². The van der Waals surface area contributed by atoms with Gasteiger partial charge in [0.15, 0.2) is 0 Å².